The molecule has 0 saturated heterocycles. The summed E-state index contributed by atoms with van der Waals surface area (Å²) in [5, 5.41) is 2.75. The molecular weight excluding hydrogens is 1060 g/mol. The highest BCUT2D eigenvalue weighted by Gasteiger charge is 2.34. The number of alkyl halides is 9. The van der Waals surface area contributed by atoms with E-state index in [0.29, 0.717) is 117 Å². The second-order valence-electron chi connectivity index (χ2n) is 20.3. The lowest BCUT2D eigenvalue weighted by atomic mass is 9.95. The first kappa shape index (κ1) is 51.6. The van der Waals surface area contributed by atoms with Crippen molar-refractivity contribution in [3.8, 4) is 78.9 Å². The van der Waals surface area contributed by atoms with Gasteiger partial charge in [0, 0.05) is 49.4 Å². The van der Waals surface area contributed by atoms with Crippen LogP contribution >= 0.6 is 0 Å². The maximum absolute atomic E-state index is 15.5. The fourth-order valence-corrected chi connectivity index (χ4v) is 11.2. The number of benzene rings is 10. The molecule has 0 bridgehead atoms. The third-order valence-corrected chi connectivity index (χ3v) is 14.9. The first-order valence-corrected chi connectivity index (χ1v) is 26.0. The Balaban J connectivity index is 1.11. The summed E-state index contributed by atoms with van der Waals surface area (Å²) in [6.07, 6.45) is -14.0. The molecule has 10 aromatic carbocycles. The number of nitrogens with zero attached hydrogens (tertiary/aromatic N) is 5. The van der Waals surface area contributed by atoms with Gasteiger partial charge in [-0.05, 0) is 144 Å². The molecule has 0 spiro atoms. The number of aryl methyl sites for hydroxylation is 2. The normalized spacial score (nSPS) is 12.3. The Morgan fingerprint density at radius 2 is 0.659 bits per heavy atom. The molecule has 0 aliphatic rings. The Morgan fingerprint density at radius 3 is 1.11 bits per heavy atom. The average molecular weight is 1100 g/mol. The van der Waals surface area contributed by atoms with E-state index >= 15 is 13.2 Å². The fraction of sp³-hybridized carbons (Fsp3) is 0.0735. The summed E-state index contributed by atoms with van der Waals surface area (Å²) in [6.45, 7) is 3.21. The predicted molar refractivity (Wildman–Crippen MR) is 306 cm³/mol. The summed E-state index contributed by atoms with van der Waals surface area (Å²) in [7, 11) is 0. The van der Waals surface area contributed by atoms with E-state index in [0.717, 1.165) is 41.8 Å². The number of para-hydroxylation sites is 2. The SMILES string of the molecule is Cc1cc(-c2ccc3c(c2)c2ccccc2n3-c2ccc(-c3nc(-c4ccccc4)nc(-c4ccccc4)n3)cc2-c2cc(C(F)(F)F)ccc2-n2c3ccccc3c3cc(-c4cc(C)cc(C(F)(F)F)c4)ccc32)cc(C(F)(F)F)c1. The topological polar surface area (TPSA) is 48.5 Å². The van der Waals surface area contributed by atoms with Crippen molar-refractivity contribution in [1.82, 2.24) is 24.1 Å². The highest BCUT2D eigenvalue weighted by Crippen LogP contribution is 2.46. The molecule has 0 N–H and O–H groups in total. The van der Waals surface area contributed by atoms with Crippen LogP contribution in [0.4, 0.5) is 39.5 Å². The third-order valence-electron chi connectivity index (χ3n) is 14.9. The molecule has 402 valence electrons. The highest BCUT2D eigenvalue weighted by atomic mass is 19.4. The van der Waals surface area contributed by atoms with E-state index in [9.17, 15) is 26.3 Å². The van der Waals surface area contributed by atoms with Gasteiger partial charge in [0.15, 0.2) is 17.5 Å². The van der Waals surface area contributed by atoms with Crippen LogP contribution in [-0.2, 0) is 18.5 Å². The quantitative estimate of drug-likeness (QED) is 0.143. The zero-order valence-electron chi connectivity index (χ0n) is 43.4. The van der Waals surface area contributed by atoms with E-state index in [1.165, 1.54) is 6.07 Å². The van der Waals surface area contributed by atoms with E-state index in [1.807, 2.05) is 143 Å². The van der Waals surface area contributed by atoms with Gasteiger partial charge in [0.2, 0.25) is 0 Å². The second-order valence-corrected chi connectivity index (χ2v) is 20.3. The Hall–Kier alpha value is -9.82. The van der Waals surface area contributed by atoms with Crippen LogP contribution in [0.2, 0.25) is 0 Å². The Labute approximate surface area is 462 Å². The van der Waals surface area contributed by atoms with Crippen molar-refractivity contribution in [2.24, 2.45) is 0 Å². The smallest absolute Gasteiger partial charge is 0.309 e. The molecule has 0 amide bonds. The van der Waals surface area contributed by atoms with Crippen molar-refractivity contribution in [3.63, 3.8) is 0 Å². The third kappa shape index (κ3) is 9.29. The standard InChI is InChI=1S/C68H42F9N5/c1-39-29-46(33-49(31-39)67(72,73)74)43-21-25-59-53(35-43)51-17-9-11-19-57(51)81(59)61-27-23-45(65-79-63(41-13-5-3-6-14-41)78-64(80-65)42-15-7-4-8-16-42)37-55(61)56-38-48(66(69,70)71)24-28-62(56)82-58-20-12-10-18-52(58)54-36-44(22-26-60(54)82)47-30-40(2)32-50(34-47)68(75,76)77/h3-38H,1-2H3. The van der Waals surface area contributed by atoms with Crippen molar-refractivity contribution in [1.29, 1.82) is 0 Å². The maximum Gasteiger partial charge on any atom is 0.416 e. The van der Waals surface area contributed by atoms with Crippen LogP contribution in [0.5, 0.6) is 0 Å². The van der Waals surface area contributed by atoms with Gasteiger partial charge in [0.05, 0.1) is 50.1 Å². The molecule has 0 saturated carbocycles. The van der Waals surface area contributed by atoms with Crippen molar-refractivity contribution < 1.29 is 39.5 Å². The minimum atomic E-state index is -4.82. The van der Waals surface area contributed by atoms with Crippen LogP contribution in [0.25, 0.3) is 123 Å². The minimum absolute atomic E-state index is 0.148. The van der Waals surface area contributed by atoms with Crippen LogP contribution in [0, 0.1) is 13.8 Å². The van der Waals surface area contributed by atoms with Crippen LogP contribution in [0.1, 0.15) is 27.8 Å². The van der Waals surface area contributed by atoms with Crippen molar-refractivity contribution in [2.75, 3.05) is 0 Å². The largest absolute Gasteiger partial charge is 0.416 e. The molecule has 0 atom stereocenters. The molecule has 5 nitrogen and oxygen atoms in total. The van der Waals surface area contributed by atoms with Gasteiger partial charge in [-0.25, -0.2) is 15.0 Å². The van der Waals surface area contributed by atoms with Crippen LogP contribution < -0.4 is 0 Å². The Bertz CT molecular complexity index is 4610. The molecule has 0 aliphatic heterocycles. The minimum Gasteiger partial charge on any atom is -0.309 e. The number of halogens is 9. The van der Waals surface area contributed by atoms with Crippen molar-refractivity contribution in [2.45, 2.75) is 32.4 Å². The molecular formula is C68H42F9N5. The summed E-state index contributed by atoms with van der Waals surface area (Å²) in [6, 6.07) is 60.9. The van der Waals surface area contributed by atoms with E-state index < -0.39 is 35.2 Å². The summed E-state index contributed by atoms with van der Waals surface area (Å²) >= 11 is 0. The molecule has 0 unspecified atom stereocenters. The Kier molecular flexibility index (Phi) is 12.3. The van der Waals surface area contributed by atoms with Gasteiger partial charge in [-0.15, -0.1) is 0 Å². The van der Waals surface area contributed by atoms with E-state index in [4.69, 9.17) is 15.0 Å². The molecule has 13 rings (SSSR count). The van der Waals surface area contributed by atoms with Crippen LogP contribution in [-0.4, -0.2) is 24.1 Å². The highest BCUT2D eigenvalue weighted by molar-refractivity contribution is 6.13. The summed E-state index contributed by atoms with van der Waals surface area (Å²) in [4.78, 5) is 14.9. The van der Waals surface area contributed by atoms with Crippen LogP contribution in [0.3, 0.4) is 0 Å². The zero-order chi connectivity index (χ0) is 56.8. The van der Waals surface area contributed by atoms with E-state index in [-0.39, 0.29) is 11.4 Å². The summed E-state index contributed by atoms with van der Waals surface area (Å²) in [5.74, 6) is 0.939. The molecule has 82 heavy (non-hydrogen) atoms. The van der Waals surface area contributed by atoms with Crippen molar-refractivity contribution in [3.05, 3.63) is 246 Å². The van der Waals surface area contributed by atoms with Gasteiger partial charge in [-0.2, -0.15) is 39.5 Å². The fourth-order valence-electron chi connectivity index (χ4n) is 11.2. The lowest BCUT2D eigenvalue weighted by molar-refractivity contribution is -0.138. The number of aromatic nitrogens is 5. The molecule has 3 aromatic heterocycles. The van der Waals surface area contributed by atoms with Gasteiger partial charge in [-0.1, -0.05) is 121 Å². The Morgan fingerprint density at radius 1 is 0.280 bits per heavy atom. The predicted octanol–water partition coefficient (Wildman–Crippen LogP) is 19.7. The molecule has 3 heterocycles. The van der Waals surface area contributed by atoms with Crippen molar-refractivity contribution >= 4 is 43.6 Å². The molecule has 0 radical (unpaired) electrons. The number of hydrogen-bond donors (Lipinski definition) is 0. The van der Waals surface area contributed by atoms with Gasteiger partial charge in [0.1, 0.15) is 0 Å². The summed E-state index contributed by atoms with van der Waals surface area (Å²) in [5.41, 5.74) is 5.59. The lowest BCUT2D eigenvalue weighted by Crippen LogP contribution is -2.08. The molecule has 13 aromatic rings. The molecule has 14 heteroatoms. The number of hydrogen-bond acceptors (Lipinski definition) is 3. The van der Waals surface area contributed by atoms with Gasteiger partial charge in [0.25, 0.3) is 0 Å². The van der Waals surface area contributed by atoms with Crippen LogP contribution in [0.15, 0.2) is 218 Å². The lowest BCUT2D eigenvalue weighted by Gasteiger charge is -2.21. The molecule has 0 aliphatic carbocycles. The first-order chi connectivity index (χ1) is 39.3. The number of rotatable bonds is 8. The second kappa shape index (κ2) is 19.5. The average Bonchev–Trinajstić information content (AvgIpc) is 3.16. The maximum atomic E-state index is 15.5. The summed E-state index contributed by atoms with van der Waals surface area (Å²) < 4.78 is 135. The monoisotopic (exact) mass is 1100 g/mol. The van der Waals surface area contributed by atoms with E-state index in [1.54, 1.807) is 56.3 Å². The van der Waals surface area contributed by atoms with E-state index in [2.05, 4.69) is 0 Å². The van der Waals surface area contributed by atoms with Gasteiger partial charge in [-0.3, -0.25) is 0 Å². The molecule has 0 fully saturated rings. The van der Waals surface area contributed by atoms with Gasteiger partial charge >= 0.3 is 18.5 Å². The number of fused-ring (bicyclic) bond motifs is 6. The zero-order valence-corrected chi connectivity index (χ0v) is 43.4. The van der Waals surface area contributed by atoms with Gasteiger partial charge < -0.3 is 9.13 Å². The first-order valence-electron chi connectivity index (χ1n) is 26.0.